The van der Waals surface area contributed by atoms with Gasteiger partial charge in [0.25, 0.3) is 0 Å². The van der Waals surface area contributed by atoms with Crippen LogP contribution in [-0.4, -0.2) is 23.5 Å². The molecule has 0 atom stereocenters. The second kappa shape index (κ2) is 7.67. The molecule has 1 aromatic heterocycles. The quantitative estimate of drug-likeness (QED) is 0.297. The average molecular weight is 255 g/mol. The molecule has 6 heteroatoms. The van der Waals surface area contributed by atoms with Crippen LogP contribution in [0.15, 0.2) is 22.7 Å². The van der Waals surface area contributed by atoms with Gasteiger partial charge in [0.15, 0.2) is 0 Å². The topological polar surface area (TPSA) is 87.7 Å². The van der Waals surface area contributed by atoms with Crippen LogP contribution in [0.4, 0.5) is 0 Å². The molecule has 94 valence electrons. The van der Waals surface area contributed by atoms with Gasteiger partial charge in [0.05, 0.1) is 0 Å². The molecule has 0 spiro atoms. The molecule has 0 aliphatic rings. The van der Waals surface area contributed by atoms with E-state index in [-0.39, 0.29) is 11.7 Å². The number of thiophene rings is 1. The summed E-state index contributed by atoms with van der Waals surface area (Å²) in [7, 11) is 0. The van der Waals surface area contributed by atoms with Gasteiger partial charge >= 0.3 is 0 Å². The SMILES string of the molecule is NC(CCNC(=O)CCCc1cccs1)=NO. The molecular weight excluding hydrogens is 238 g/mol. The molecule has 1 amide bonds. The maximum Gasteiger partial charge on any atom is 0.220 e. The van der Waals surface area contributed by atoms with Crippen molar-refractivity contribution in [2.24, 2.45) is 10.9 Å². The smallest absolute Gasteiger partial charge is 0.220 e. The molecule has 0 aliphatic carbocycles. The van der Waals surface area contributed by atoms with Crippen LogP contribution >= 0.6 is 11.3 Å². The molecular formula is C11H17N3O2S. The number of nitrogens with zero attached hydrogens (tertiary/aromatic N) is 1. The normalized spacial score (nSPS) is 11.4. The first-order valence-corrected chi connectivity index (χ1v) is 6.36. The van der Waals surface area contributed by atoms with Crippen molar-refractivity contribution in [1.29, 1.82) is 0 Å². The van der Waals surface area contributed by atoms with E-state index in [9.17, 15) is 4.79 Å². The first-order chi connectivity index (χ1) is 8.22. The summed E-state index contributed by atoms with van der Waals surface area (Å²) in [6.45, 7) is 0.410. The molecule has 0 radical (unpaired) electrons. The minimum atomic E-state index is 0.00676. The van der Waals surface area contributed by atoms with Gasteiger partial charge in [-0.3, -0.25) is 4.79 Å². The Morgan fingerprint density at radius 1 is 1.53 bits per heavy atom. The molecule has 0 fully saturated rings. The van der Waals surface area contributed by atoms with Crippen molar-refractivity contribution in [2.45, 2.75) is 25.7 Å². The number of hydrogen-bond donors (Lipinski definition) is 3. The molecule has 5 nitrogen and oxygen atoms in total. The highest BCUT2D eigenvalue weighted by molar-refractivity contribution is 7.09. The van der Waals surface area contributed by atoms with Gasteiger partial charge in [-0.2, -0.15) is 0 Å². The van der Waals surface area contributed by atoms with E-state index in [1.807, 2.05) is 11.4 Å². The standard InChI is InChI=1S/C11H17N3O2S/c12-10(14-16)6-7-13-11(15)5-1-3-9-4-2-8-17-9/h2,4,8,16H,1,3,5-7H2,(H2,12,14)(H,13,15). The zero-order valence-corrected chi connectivity index (χ0v) is 10.4. The zero-order chi connectivity index (χ0) is 12.5. The molecule has 17 heavy (non-hydrogen) atoms. The van der Waals surface area contributed by atoms with Gasteiger partial charge in [-0.1, -0.05) is 11.2 Å². The fraction of sp³-hybridized carbons (Fsp3) is 0.455. The van der Waals surface area contributed by atoms with Crippen LogP contribution in [0.5, 0.6) is 0 Å². The maximum atomic E-state index is 11.4. The summed E-state index contributed by atoms with van der Waals surface area (Å²) in [6.07, 6.45) is 2.66. The molecule has 0 unspecified atom stereocenters. The third kappa shape index (κ3) is 5.91. The van der Waals surface area contributed by atoms with E-state index in [0.717, 1.165) is 12.8 Å². The molecule has 4 N–H and O–H groups in total. The van der Waals surface area contributed by atoms with E-state index in [1.165, 1.54) is 4.88 Å². The van der Waals surface area contributed by atoms with Gasteiger partial charge in [-0.05, 0) is 24.3 Å². The number of aryl methyl sites for hydroxylation is 1. The first kappa shape index (κ1) is 13.5. The fourth-order valence-electron chi connectivity index (χ4n) is 1.35. The van der Waals surface area contributed by atoms with Crippen molar-refractivity contribution in [1.82, 2.24) is 5.32 Å². The van der Waals surface area contributed by atoms with Crippen molar-refractivity contribution >= 4 is 23.1 Å². The lowest BCUT2D eigenvalue weighted by Crippen LogP contribution is -2.27. The first-order valence-electron chi connectivity index (χ1n) is 5.48. The summed E-state index contributed by atoms with van der Waals surface area (Å²) >= 11 is 1.71. The highest BCUT2D eigenvalue weighted by atomic mass is 32.1. The molecule has 1 heterocycles. The van der Waals surface area contributed by atoms with Gasteiger partial charge in [-0.15, -0.1) is 11.3 Å². The van der Waals surface area contributed by atoms with Crippen molar-refractivity contribution in [2.75, 3.05) is 6.54 Å². The highest BCUT2D eigenvalue weighted by Crippen LogP contribution is 2.11. The van der Waals surface area contributed by atoms with Crippen LogP contribution in [-0.2, 0) is 11.2 Å². The average Bonchev–Trinajstić information content (AvgIpc) is 2.82. The number of nitrogens with one attached hydrogen (secondary N) is 1. The number of nitrogens with two attached hydrogens (primary N) is 1. The van der Waals surface area contributed by atoms with Gasteiger partial charge in [-0.25, -0.2) is 0 Å². The predicted molar refractivity (Wildman–Crippen MR) is 68.3 cm³/mol. The molecule has 0 aromatic carbocycles. The fourth-order valence-corrected chi connectivity index (χ4v) is 2.10. The largest absolute Gasteiger partial charge is 0.409 e. The number of carbonyl (C=O) groups is 1. The summed E-state index contributed by atoms with van der Waals surface area (Å²) in [5.74, 6) is 0.135. The third-order valence-corrected chi connectivity index (χ3v) is 3.18. The lowest BCUT2D eigenvalue weighted by atomic mass is 10.2. The van der Waals surface area contributed by atoms with Gasteiger partial charge in [0.2, 0.25) is 5.91 Å². The highest BCUT2D eigenvalue weighted by Gasteiger charge is 2.02. The third-order valence-electron chi connectivity index (χ3n) is 2.24. The van der Waals surface area contributed by atoms with Gasteiger partial charge < -0.3 is 16.3 Å². The van der Waals surface area contributed by atoms with E-state index in [0.29, 0.717) is 19.4 Å². The minimum absolute atomic E-state index is 0.00676. The Balaban J connectivity index is 2.05. The van der Waals surface area contributed by atoms with Crippen LogP contribution in [0.1, 0.15) is 24.1 Å². The van der Waals surface area contributed by atoms with E-state index in [1.54, 1.807) is 11.3 Å². The Morgan fingerprint density at radius 2 is 2.35 bits per heavy atom. The van der Waals surface area contributed by atoms with E-state index in [4.69, 9.17) is 10.9 Å². The molecule has 0 bridgehead atoms. The summed E-state index contributed by atoms with van der Waals surface area (Å²) in [4.78, 5) is 12.7. The Bertz CT molecular complexity index is 363. The van der Waals surface area contributed by atoms with Crippen LogP contribution in [0, 0.1) is 0 Å². The van der Waals surface area contributed by atoms with E-state index in [2.05, 4.69) is 16.5 Å². The summed E-state index contributed by atoms with van der Waals surface area (Å²) in [5.41, 5.74) is 5.27. The molecule has 1 rings (SSSR count). The Hall–Kier alpha value is -1.56. The van der Waals surface area contributed by atoms with Crippen molar-refractivity contribution < 1.29 is 10.0 Å². The molecule has 0 aliphatic heterocycles. The lowest BCUT2D eigenvalue weighted by molar-refractivity contribution is -0.121. The Kier molecular flexibility index (Phi) is 6.09. The Labute approximate surface area is 104 Å². The number of rotatable bonds is 7. The number of oxime groups is 1. The van der Waals surface area contributed by atoms with E-state index < -0.39 is 0 Å². The second-order valence-electron chi connectivity index (χ2n) is 3.62. The Morgan fingerprint density at radius 3 is 3.00 bits per heavy atom. The number of amidine groups is 1. The van der Waals surface area contributed by atoms with Crippen molar-refractivity contribution in [3.63, 3.8) is 0 Å². The number of amides is 1. The zero-order valence-electron chi connectivity index (χ0n) is 9.56. The van der Waals surface area contributed by atoms with Crippen molar-refractivity contribution in [3.8, 4) is 0 Å². The summed E-state index contributed by atoms with van der Waals surface area (Å²) in [6, 6.07) is 4.08. The van der Waals surface area contributed by atoms with Gasteiger partial charge in [0, 0.05) is 24.3 Å². The molecule has 0 saturated carbocycles. The number of carbonyl (C=O) groups excluding carboxylic acids is 1. The summed E-state index contributed by atoms with van der Waals surface area (Å²) < 4.78 is 0. The molecule has 1 aromatic rings. The molecule has 0 saturated heterocycles. The predicted octanol–water partition coefficient (Wildman–Crippen LogP) is 1.32. The second-order valence-corrected chi connectivity index (χ2v) is 4.66. The minimum Gasteiger partial charge on any atom is -0.409 e. The van der Waals surface area contributed by atoms with Crippen LogP contribution in [0.3, 0.4) is 0 Å². The lowest BCUT2D eigenvalue weighted by Gasteiger charge is -2.03. The van der Waals surface area contributed by atoms with E-state index >= 15 is 0 Å². The summed E-state index contributed by atoms with van der Waals surface area (Å²) in [5, 5.41) is 15.9. The maximum absolute atomic E-state index is 11.4. The monoisotopic (exact) mass is 255 g/mol. The van der Waals surface area contributed by atoms with Gasteiger partial charge in [0.1, 0.15) is 5.84 Å². The van der Waals surface area contributed by atoms with Crippen LogP contribution in [0.2, 0.25) is 0 Å². The van der Waals surface area contributed by atoms with Crippen LogP contribution < -0.4 is 11.1 Å². The number of hydrogen-bond acceptors (Lipinski definition) is 4. The van der Waals surface area contributed by atoms with Crippen molar-refractivity contribution in [3.05, 3.63) is 22.4 Å². The van der Waals surface area contributed by atoms with Crippen LogP contribution in [0.25, 0.3) is 0 Å².